The van der Waals surface area contributed by atoms with Gasteiger partial charge in [0.2, 0.25) is 0 Å². The first-order valence-electron chi connectivity index (χ1n) is 8.14. The second kappa shape index (κ2) is 4.86. The molecule has 2 fully saturated rings. The van der Waals surface area contributed by atoms with Gasteiger partial charge in [-0.2, -0.15) is 0 Å². The van der Waals surface area contributed by atoms with Crippen LogP contribution >= 0.6 is 0 Å². The van der Waals surface area contributed by atoms with Gasteiger partial charge in [-0.15, -0.1) is 0 Å². The van der Waals surface area contributed by atoms with Gasteiger partial charge in [-0.1, -0.05) is 13.3 Å². The van der Waals surface area contributed by atoms with E-state index in [9.17, 15) is 4.39 Å². The molecule has 2 aromatic rings. The predicted octanol–water partition coefficient (Wildman–Crippen LogP) is 3.41. The average molecular weight is 300 g/mol. The summed E-state index contributed by atoms with van der Waals surface area (Å²) >= 11 is 0. The lowest BCUT2D eigenvalue weighted by molar-refractivity contribution is 0.616. The highest BCUT2D eigenvalue weighted by atomic mass is 19.1. The molecule has 0 N–H and O–H groups in total. The maximum absolute atomic E-state index is 14.4. The number of nitrogens with zero attached hydrogens (tertiary/aromatic N) is 4. The predicted molar refractivity (Wildman–Crippen MR) is 84.4 cm³/mol. The SMILES string of the molecule is Cc1nc(N2CCCCC3C2[C@H]3C)c2cnc(C)c(F)c2n1. The first kappa shape index (κ1) is 13.9. The summed E-state index contributed by atoms with van der Waals surface area (Å²) in [6.45, 7) is 6.82. The van der Waals surface area contributed by atoms with Crippen LogP contribution in [0.2, 0.25) is 0 Å². The quantitative estimate of drug-likeness (QED) is 0.809. The molecule has 4 nitrogen and oxygen atoms in total. The minimum absolute atomic E-state index is 0.320. The minimum atomic E-state index is -0.320. The van der Waals surface area contributed by atoms with Crippen LogP contribution in [-0.2, 0) is 0 Å². The zero-order chi connectivity index (χ0) is 15.4. The first-order valence-corrected chi connectivity index (χ1v) is 8.14. The Bertz CT molecular complexity index is 745. The highest BCUT2D eigenvalue weighted by Gasteiger charge is 2.51. The van der Waals surface area contributed by atoms with Crippen molar-refractivity contribution in [1.82, 2.24) is 15.0 Å². The molecule has 0 aromatic carbocycles. The molecule has 0 spiro atoms. The summed E-state index contributed by atoms with van der Waals surface area (Å²) in [5, 5.41) is 0.744. The molecule has 0 bridgehead atoms. The van der Waals surface area contributed by atoms with Crippen molar-refractivity contribution in [1.29, 1.82) is 0 Å². The van der Waals surface area contributed by atoms with Gasteiger partial charge >= 0.3 is 0 Å². The number of pyridine rings is 1. The number of hydrogen-bond donors (Lipinski definition) is 0. The zero-order valence-corrected chi connectivity index (χ0v) is 13.3. The number of rotatable bonds is 1. The van der Waals surface area contributed by atoms with E-state index in [0.717, 1.165) is 23.7 Å². The van der Waals surface area contributed by atoms with Crippen molar-refractivity contribution in [3.05, 3.63) is 23.5 Å². The maximum Gasteiger partial charge on any atom is 0.170 e. The Morgan fingerprint density at radius 2 is 2.05 bits per heavy atom. The van der Waals surface area contributed by atoms with Crippen LogP contribution in [0.5, 0.6) is 0 Å². The molecule has 3 atom stereocenters. The molecule has 5 heteroatoms. The monoisotopic (exact) mass is 300 g/mol. The standard InChI is InChI=1S/C17H21FN4/c1-9-12-6-4-5-7-22(16(9)12)17-13-8-19-10(2)14(18)15(13)20-11(3)21-17/h8-9,12,16H,4-7H2,1-3H3/t9-,12?,16?/m0/s1. The Morgan fingerprint density at radius 3 is 2.86 bits per heavy atom. The Labute approximate surface area is 129 Å². The molecule has 2 aromatic heterocycles. The van der Waals surface area contributed by atoms with Gasteiger partial charge < -0.3 is 4.90 Å². The first-order chi connectivity index (χ1) is 10.6. The van der Waals surface area contributed by atoms with Crippen LogP contribution in [0.1, 0.15) is 37.7 Å². The Hall–Kier alpha value is -1.78. The zero-order valence-electron chi connectivity index (χ0n) is 13.3. The summed E-state index contributed by atoms with van der Waals surface area (Å²) < 4.78 is 14.4. The van der Waals surface area contributed by atoms with Crippen molar-refractivity contribution < 1.29 is 4.39 Å². The van der Waals surface area contributed by atoms with Crippen molar-refractivity contribution in [2.24, 2.45) is 11.8 Å². The van der Waals surface area contributed by atoms with Crippen LogP contribution in [0, 0.1) is 31.5 Å². The maximum atomic E-state index is 14.4. The third-order valence-corrected chi connectivity index (χ3v) is 5.28. The highest BCUT2D eigenvalue weighted by molar-refractivity contribution is 5.89. The van der Waals surface area contributed by atoms with Crippen LogP contribution in [0.15, 0.2) is 6.20 Å². The van der Waals surface area contributed by atoms with E-state index in [0.29, 0.717) is 29.0 Å². The minimum Gasteiger partial charge on any atom is -0.352 e. The average Bonchev–Trinajstić information content (AvgIpc) is 3.18. The third-order valence-electron chi connectivity index (χ3n) is 5.28. The number of hydrogen-bond acceptors (Lipinski definition) is 4. The third kappa shape index (κ3) is 1.98. The van der Waals surface area contributed by atoms with E-state index in [2.05, 4.69) is 26.8 Å². The molecular formula is C17H21FN4. The largest absolute Gasteiger partial charge is 0.352 e. The molecule has 4 rings (SSSR count). The molecular weight excluding hydrogens is 279 g/mol. The van der Waals surface area contributed by atoms with Gasteiger partial charge in [0, 0.05) is 18.8 Å². The summed E-state index contributed by atoms with van der Waals surface area (Å²) in [6.07, 6.45) is 5.48. The van der Waals surface area contributed by atoms with Crippen LogP contribution in [0.4, 0.5) is 10.2 Å². The van der Waals surface area contributed by atoms with Crippen molar-refractivity contribution in [2.75, 3.05) is 11.4 Å². The molecule has 1 aliphatic carbocycles. The van der Waals surface area contributed by atoms with Gasteiger partial charge in [0.25, 0.3) is 0 Å². The van der Waals surface area contributed by atoms with Crippen LogP contribution in [0.25, 0.3) is 10.9 Å². The molecule has 1 saturated heterocycles. The van der Waals surface area contributed by atoms with E-state index in [1.807, 2.05) is 6.92 Å². The van der Waals surface area contributed by atoms with Gasteiger partial charge in [0.1, 0.15) is 17.2 Å². The summed E-state index contributed by atoms with van der Waals surface area (Å²) in [6, 6.07) is 0.546. The lowest BCUT2D eigenvalue weighted by Crippen LogP contribution is -2.29. The molecule has 1 aliphatic heterocycles. The fraction of sp³-hybridized carbons (Fsp3) is 0.588. The number of aryl methyl sites for hydroxylation is 2. The van der Waals surface area contributed by atoms with E-state index in [4.69, 9.17) is 0 Å². The summed E-state index contributed by atoms with van der Waals surface area (Å²) in [7, 11) is 0. The molecule has 1 saturated carbocycles. The van der Waals surface area contributed by atoms with E-state index in [-0.39, 0.29) is 5.82 Å². The molecule has 3 heterocycles. The lowest BCUT2D eigenvalue weighted by atomic mass is 10.1. The molecule has 0 amide bonds. The lowest BCUT2D eigenvalue weighted by Gasteiger charge is -2.25. The number of fused-ring (bicyclic) bond motifs is 2. The van der Waals surface area contributed by atoms with Gasteiger partial charge in [-0.25, -0.2) is 14.4 Å². The van der Waals surface area contributed by atoms with Crippen molar-refractivity contribution in [2.45, 2.75) is 46.1 Å². The van der Waals surface area contributed by atoms with E-state index < -0.39 is 0 Å². The molecule has 22 heavy (non-hydrogen) atoms. The van der Waals surface area contributed by atoms with Gasteiger partial charge in [0.05, 0.1) is 11.1 Å². The molecule has 0 radical (unpaired) electrons. The van der Waals surface area contributed by atoms with Crippen LogP contribution in [0.3, 0.4) is 0 Å². The van der Waals surface area contributed by atoms with Crippen molar-refractivity contribution >= 4 is 16.7 Å². The Morgan fingerprint density at radius 1 is 1.23 bits per heavy atom. The normalized spacial score (nSPS) is 27.6. The summed E-state index contributed by atoms with van der Waals surface area (Å²) in [4.78, 5) is 15.6. The number of aromatic nitrogens is 3. The Balaban J connectivity index is 1.89. The topological polar surface area (TPSA) is 41.9 Å². The fourth-order valence-corrected chi connectivity index (χ4v) is 3.99. The summed E-state index contributed by atoms with van der Waals surface area (Å²) in [5.41, 5.74) is 0.800. The highest BCUT2D eigenvalue weighted by Crippen LogP contribution is 2.49. The van der Waals surface area contributed by atoms with Crippen LogP contribution in [-0.4, -0.2) is 27.5 Å². The van der Waals surface area contributed by atoms with E-state index >= 15 is 0 Å². The molecule has 116 valence electrons. The number of halogens is 1. The second-order valence-electron chi connectivity index (χ2n) is 6.72. The second-order valence-corrected chi connectivity index (χ2v) is 6.72. The van der Waals surface area contributed by atoms with Crippen molar-refractivity contribution in [3.63, 3.8) is 0 Å². The molecule has 2 aliphatic rings. The fourth-order valence-electron chi connectivity index (χ4n) is 3.99. The smallest absolute Gasteiger partial charge is 0.170 e. The molecule has 2 unspecified atom stereocenters. The number of anilines is 1. The summed E-state index contributed by atoms with van der Waals surface area (Å²) in [5.74, 6) is 2.64. The van der Waals surface area contributed by atoms with E-state index in [1.165, 1.54) is 19.3 Å². The van der Waals surface area contributed by atoms with Crippen molar-refractivity contribution in [3.8, 4) is 0 Å². The Kier molecular flexibility index (Phi) is 3.06. The van der Waals surface area contributed by atoms with E-state index in [1.54, 1.807) is 13.1 Å². The van der Waals surface area contributed by atoms with Gasteiger partial charge in [-0.05, 0) is 38.5 Å². The van der Waals surface area contributed by atoms with Crippen LogP contribution < -0.4 is 4.90 Å². The van der Waals surface area contributed by atoms with Gasteiger partial charge in [0.15, 0.2) is 5.82 Å². The van der Waals surface area contributed by atoms with Gasteiger partial charge in [-0.3, -0.25) is 4.98 Å².